The Morgan fingerprint density at radius 3 is 3.04 bits per heavy atom. The van der Waals surface area contributed by atoms with Crippen LogP contribution < -0.4 is 14.4 Å². The van der Waals surface area contributed by atoms with E-state index in [0.29, 0.717) is 19.0 Å². The van der Waals surface area contributed by atoms with E-state index in [-0.39, 0.29) is 24.1 Å². The van der Waals surface area contributed by atoms with Gasteiger partial charge in [-0.3, -0.25) is 0 Å². The molecule has 1 aliphatic heterocycles. The van der Waals surface area contributed by atoms with Gasteiger partial charge < -0.3 is 19.1 Å². The summed E-state index contributed by atoms with van der Waals surface area (Å²) >= 11 is 0. The first-order valence-electron chi connectivity index (χ1n) is 8.27. The largest absolute Gasteiger partial charge is 0.481 e. The third-order valence-corrected chi connectivity index (χ3v) is 4.66. The van der Waals surface area contributed by atoms with Crippen LogP contribution in [0.3, 0.4) is 0 Å². The molecule has 2 aromatic rings. The van der Waals surface area contributed by atoms with Crippen LogP contribution in [-0.4, -0.2) is 53.5 Å². The molecule has 1 aliphatic carbocycles. The quantitative estimate of drug-likeness (QED) is 0.836. The lowest BCUT2D eigenvalue weighted by Crippen LogP contribution is -2.45. The van der Waals surface area contributed by atoms with Gasteiger partial charge in [-0.1, -0.05) is 0 Å². The van der Waals surface area contributed by atoms with Gasteiger partial charge in [0, 0.05) is 18.8 Å². The monoisotopic (exact) mass is 346 g/mol. The van der Waals surface area contributed by atoms with Gasteiger partial charge in [-0.2, -0.15) is 0 Å². The number of hydrogen-bond acceptors (Lipinski definition) is 7. The van der Waals surface area contributed by atoms with E-state index in [1.165, 1.54) is 18.6 Å². The van der Waals surface area contributed by atoms with Crippen molar-refractivity contribution in [3.05, 3.63) is 36.5 Å². The molecule has 0 unspecified atom stereocenters. The van der Waals surface area contributed by atoms with Crippen molar-refractivity contribution in [1.82, 2.24) is 15.0 Å². The van der Waals surface area contributed by atoms with Gasteiger partial charge in [-0.25, -0.2) is 19.3 Å². The molecule has 0 amide bonds. The summed E-state index contributed by atoms with van der Waals surface area (Å²) in [5.74, 6) is 0.785. The number of halogens is 1. The van der Waals surface area contributed by atoms with E-state index >= 15 is 0 Å². The van der Waals surface area contributed by atoms with E-state index in [1.807, 2.05) is 0 Å². The minimum absolute atomic E-state index is 0.00937. The fourth-order valence-corrected chi connectivity index (χ4v) is 3.52. The number of pyridine rings is 1. The molecule has 2 bridgehead atoms. The molecule has 4 rings (SSSR count). The second-order valence-corrected chi connectivity index (χ2v) is 6.04. The van der Waals surface area contributed by atoms with Gasteiger partial charge >= 0.3 is 0 Å². The van der Waals surface area contributed by atoms with E-state index in [2.05, 4.69) is 19.9 Å². The Morgan fingerprint density at radius 2 is 2.20 bits per heavy atom. The minimum atomic E-state index is -0.471. The third kappa shape index (κ3) is 3.09. The number of anilines is 1. The number of aromatic nitrogens is 3. The van der Waals surface area contributed by atoms with Crippen molar-refractivity contribution in [2.24, 2.45) is 0 Å². The fourth-order valence-electron chi connectivity index (χ4n) is 3.52. The topological polar surface area (TPSA) is 69.6 Å². The standard InChI is InChI=1S/C17H19FN4O3/c1-23-15-9-14(20-10-21-15)22-7-8-24-13-5-4-12(22)16(13)25-17-11(18)3-2-6-19-17/h2-3,6,9-10,12-13,16H,4-5,7-8H2,1H3/t12-,13-,16+/m0/s1. The molecule has 7 nitrogen and oxygen atoms in total. The Kier molecular flexibility index (Phi) is 4.35. The van der Waals surface area contributed by atoms with E-state index in [1.54, 1.807) is 19.2 Å². The van der Waals surface area contributed by atoms with Crippen LogP contribution in [0.5, 0.6) is 11.8 Å². The van der Waals surface area contributed by atoms with Gasteiger partial charge in [0.15, 0.2) is 5.82 Å². The molecule has 3 heterocycles. The summed E-state index contributed by atoms with van der Waals surface area (Å²) in [4.78, 5) is 14.6. The van der Waals surface area contributed by atoms with Crippen molar-refractivity contribution in [1.29, 1.82) is 0 Å². The molecule has 2 aliphatic rings. The first-order chi connectivity index (χ1) is 12.3. The maximum atomic E-state index is 14.0. The van der Waals surface area contributed by atoms with Crippen molar-refractivity contribution >= 4 is 5.82 Å². The van der Waals surface area contributed by atoms with Crippen molar-refractivity contribution in [3.8, 4) is 11.8 Å². The molecule has 0 spiro atoms. The summed E-state index contributed by atoms with van der Waals surface area (Å²) in [5, 5.41) is 0. The smallest absolute Gasteiger partial charge is 0.250 e. The number of ether oxygens (including phenoxy) is 3. The van der Waals surface area contributed by atoms with Crippen molar-refractivity contribution < 1.29 is 18.6 Å². The van der Waals surface area contributed by atoms with Crippen LogP contribution in [0.25, 0.3) is 0 Å². The zero-order valence-corrected chi connectivity index (χ0v) is 13.8. The lowest BCUT2D eigenvalue weighted by atomic mass is 10.1. The highest BCUT2D eigenvalue weighted by Gasteiger charge is 2.45. The molecular weight excluding hydrogens is 327 g/mol. The van der Waals surface area contributed by atoms with Crippen molar-refractivity contribution in [2.75, 3.05) is 25.2 Å². The average molecular weight is 346 g/mol. The van der Waals surface area contributed by atoms with Gasteiger partial charge in [0.1, 0.15) is 18.2 Å². The molecule has 2 aromatic heterocycles. The number of fused-ring (bicyclic) bond motifs is 2. The lowest BCUT2D eigenvalue weighted by molar-refractivity contribution is 0.00103. The molecule has 3 atom stereocenters. The number of methoxy groups -OCH3 is 1. The van der Waals surface area contributed by atoms with Crippen LogP contribution in [0.4, 0.5) is 10.2 Å². The van der Waals surface area contributed by atoms with E-state index in [9.17, 15) is 4.39 Å². The second kappa shape index (κ2) is 6.79. The summed E-state index contributed by atoms with van der Waals surface area (Å²) in [6.07, 6.45) is 4.32. The van der Waals surface area contributed by atoms with Crippen LogP contribution >= 0.6 is 0 Å². The van der Waals surface area contributed by atoms with Gasteiger partial charge in [-0.05, 0) is 25.0 Å². The molecule has 1 saturated carbocycles. The molecule has 0 N–H and O–H groups in total. The lowest BCUT2D eigenvalue weighted by Gasteiger charge is -2.32. The molecule has 132 valence electrons. The number of hydrogen-bond donors (Lipinski definition) is 0. The summed E-state index contributed by atoms with van der Waals surface area (Å²) in [6, 6.07) is 4.69. The number of nitrogens with zero attached hydrogens (tertiary/aromatic N) is 4. The minimum Gasteiger partial charge on any atom is -0.481 e. The molecule has 1 saturated heterocycles. The molecular formula is C17H19FN4O3. The predicted octanol–water partition coefficient (Wildman–Crippen LogP) is 1.83. The molecule has 8 heteroatoms. The highest BCUT2D eigenvalue weighted by molar-refractivity contribution is 5.43. The van der Waals surface area contributed by atoms with Crippen LogP contribution in [0.1, 0.15) is 12.8 Å². The van der Waals surface area contributed by atoms with Crippen LogP contribution in [0, 0.1) is 5.82 Å². The SMILES string of the molecule is COc1cc(N2CCO[C@H]3CC[C@H]2[C@H]3Oc2ncccc2F)ncn1. The van der Waals surface area contributed by atoms with Crippen molar-refractivity contribution in [2.45, 2.75) is 31.1 Å². The zero-order valence-electron chi connectivity index (χ0n) is 13.8. The Hall–Kier alpha value is -2.48. The summed E-state index contributed by atoms with van der Waals surface area (Å²) in [6.45, 7) is 1.23. The molecule has 0 aromatic carbocycles. The van der Waals surface area contributed by atoms with Gasteiger partial charge in [0.25, 0.3) is 5.88 Å². The first-order valence-corrected chi connectivity index (χ1v) is 8.27. The fraction of sp³-hybridized carbons (Fsp3) is 0.471. The van der Waals surface area contributed by atoms with Gasteiger partial charge in [0.05, 0.1) is 25.9 Å². The molecule has 2 fully saturated rings. The van der Waals surface area contributed by atoms with Crippen LogP contribution in [0.15, 0.2) is 30.7 Å². The van der Waals surface area contributed by atoms with Gasteiger partial charge in [-0.15, -0.1) is 0 Å². The summed E-state index contributed by atoms with van der Waals surface area (Å²) < 4.78 is 31.0. The molecule has 0 radical (unpaired) electrons. The highest BCUT2D eigenvalue weighted by Crippen LogP contribution is 2.35. The maximum absolute atomic E-state index is 14.0. The first kappa shape index (κ1) is 16.0. The Morgan fingerprint density at radius 1 is 1.28 bits per heavy atom. The second-order valence-electron chi connectivity index (χ2n) is 6.04. The normalized spacial score (nSPS) is 25.5. The molecule has 25 heavy (non-hydrogen) atoms. The zero-order chi connectivity index (χ0) is 17.2. The summed E-state index contributed by atoms with van der Waals surface area (Å²) in [7, 11) is 1.57. The van der Waals surface area contributed by atoms with Crippen molar-refractivity contribution in [3.63, 3.8) is 0 Å². The van der Waals surface area contributed by atoms with Gasteiger partial charge in [0.2, 0.25) is 5.88 Å². The Bertz CT molecular complexity index is 747. The van der Waals surface area contributed by atoms with E-state index in [0.717, 1.165) is 18.7 Å². The third-order valence-electron chi connectivity index (χ3n) is 4.66. The van der Waals surface area contributed by atoms with Crippen LogP contribution in [0.2, 0.25) is 0 Å². The average Bonchev–Trinajstić information content (AvgIpc) is 2.92. The highest BCUT2D eigenvalue weighted by atomic mass is 19.1. The summed E-state index contributed by atoms with van der Waals surface area (Å²) in [5.41, 5.74) is 0. The van der Waals surface area contributed by atoms with E-state index in [4.69, 9.17) is 14.2 Å². The Labute approximate surface area is 144 Å². The number of rotatable bonds is 4. The van der Waals surface area contributed by atoms with E-state index < -0.39 is 5.82 Å². The maximum Gasteiger partial charge on any atom is 0.250 e. The predicted molar refractivity (Wildman–Crippen MR) is 87.3 cm³/mol. The Balaban J connectivity index is 1.63. The van der Waals surface area contributed by atoms with Crippen LogP contribution in [-0.2, 0) is 4.74 Å².